The molecule has 1 heterocycles. The molecule has 5 heteroatoms. The van der Waals surface area contributed by atoms with Gasteiger partial charge in [0.15, 0.2) is 11.5 Å². The Hall–Kier alpha value is -2.61. The summed E-state index contributed by atoms with van der Waals surface area (Å²) in [5.74, 6) is 0.939. The van der Waals surface area contributed by atoms with E-state index in [-0.39, 0.29) is 6.01 Å². The van der Waals surface area contributed by atoms with Crippen LogP contribution in [0.25, 0.3) is 0 Å². The van der Waals surface area contributed by atoms with Gasteiger partial charge in [-0.2, -0.15) is 5.26 Å². The largest absolute Gasteiger partial charge is 0.493 e. The number of benzene rings is 1. The molecule has 0 saturated carbocycles. The molecular weight excluding hydrogens is 218 g/mol. The van der Waals surface area contributed by atoms with E-state index in [2.05, 4.69) is 9.97 Å². The van der Waals surface area contributed by atoms with Crippen molar-refractivity contribution >= 4 is 0 Å². The summed E-state index contributed by atoms with van der Waals surface area (Å²) in [6.45, 7) is 0. The number of rotatable bonds is 3. The third-order valence-electron chi connectivity index (χ3n) is 2.04. The molecule has 0 aliphatic carbocycles. The highest BCUT2D eigenvalue weighted by Gasteiger charge is 2.08. The van der Waals surface area contributed by atoms with Crippen molar-refractivity contribution < 1.29 is 9.47 Å². The summed E-state index contributed by atoms with van der Waals surface area (Å²) in [7, 11) is 1.53. The number of nitriles is 1. The molecule has 0 bridgehead atoms. The quantitative estimate of drug-likeness (QED) is 0.803. The first-order chi connectivity index (χ1) is 8.33. The van der Waals surface area contributed by atoms with Gasteiger partial charge in [0.1, 0.15) is 0 Å². The van der Waals surface area contributed by atoms with Gasteiger partial charge in [0.2, 0.25) is 0 Å². The van der Waals surface area contributed by atoms with E-state index in [1.807, 2.05) is 6.07 Å². The highest BCUT2D eigenvalue weighted by Crippen LogP contribution is 2.30. The Labute approximate surface area is 98.3 Å². The zero-order valence-corrected chi connectivity index (χ0v) is 9.12. The van der Waals surface area contributed by atoms with E-state index < -0.39 is 0 Å². The minimum Gasteiger partial charge on any atom is -0.493 e. The van der Waals surface area contributed by atoms with Crippen LogP contribution >= 0.6 is 0 Å². The van der Waals surface area contributed by atoms with Crippen LogP contribution in [-0.2, 0) is 0 Å². The third-order valence-corrected chi connectivity index (χ3v) is 2.04. The van der Waals surface area contributed by atoms with Crippen LogP contribution in [0.2, 0.25) is 0 Å². The highest BCUT2D eigenvalue weighted by molar-refractivity contribution is 5.47. The molecule has 0 radical (unpaired) electrons. The van der Waals surface area contributed by atoms with E-state index in [0.29, 0.717) is 17.1 Å². The Morgan fingerprint density at radius 3 is 2.59 bits per heavy atom. The lowest BCUT2D eigenvalue weighted by Gasteiger charge is -2.08. The van der Waals surface area contributed by atoms with Crippen LogP contribution in [0.15, 0.2) is 36.7 Å². The summed E-state index contributed by atoms with van der Waals surface area (Å²) in [6.07, 6.45) is 3.14. The van der Waals surface area contributed by atoms with Crippen molar-refractivity contribution in [2.45, 2.75) is 0 Å². The van der Waals surface area contributed by atoms with Crippen molar-refractivity contribution in [3.63, 3.8) is 0 Å². The lowest BCUT2D eigenvalue weighted by Crippen LogP contribution is -1.94. The fourth-order valence-electron chi connectivity index (χ4n) is 1.26. The second-order valence-corrected chi connectivity index (χ2v) is 3.11. The first-order valence-corrected chi connectivity index (χ1v) is 4.86. The van der Waals surface area contributed by atoms with Gasteiger partial charge in [-0.15, -0.1) is 0 Å². The molecule has 2 rings (SSSR count). The number of hydrogen-bond acceptors (Lipinski definition) is 5. The van der Waals surface area contributed by atoms with Gasteiger partial charge in [-0.05, 0) is 18.2 Å². The van der Waals surface area contributed by atoms with Crippen LogP contribution in [0.3, 0.4) is 0 Å². The monoisotopic (exact) mass is 227 g/mol. The highest BCUT2D eigenvalue weighted by atomic mass is 16.5. The fourth-order valence-corrected chi connectivity index (χ4v) is 1.26. The van der Waals surface area contributed by atoms with E-state index in [4.69, 9.17) is 14.7 Å². The van der Waals surface area contributed by atoms with Crippen molar-refractivity contribution in [1.29, 1.82) is 5.26 Å². The van der Waals surface area contributed by atoms with Crippen LogP contribution in [0.1, 0.15) is 5.56 Å². The maximum Gasteiger partial charge on any atom is 0.321 e. The van der Waals surface area contributed by atoms with Crippen LogP contribution in [0, 0.1) is 11.3 Å². The Morgan fingerprint density at radius 1 is 1.18 bits per heavy atom. The first kappa shape index (κ1) is 10.9. The minimum absolute atomic E-state index is 0.209. The van der Waals surface area contributed by atoms with Gasteiger partial charge in [0.05, 0.1) is 18.7 Å². The van der Waals surface area contributed by atoms with Crippen molar-refractivity contribution in [2.24, 2.45) is 0 Å². The Kier molecular flexibility index (Phi) is 3.17. The fraction of sp³-hybridized carbons (Fsp3) is 0.0833. The number of methoxy groups -OCH3 is 1. The summed E-state index contributed by atoms with van der Waals surface area (Å²) in [5, 5.41) is 8.81. The molecular formula is C12H9N3O2. The normalized spacial score (nSPS) is 9.41. The molecule has 0 fully saturated rings. The zero-order chi connectivity index (χ0) is 12.1. The van der Waals surface area contributed by atoms with E-state index in [9.17, 15) is 0 Å². The zero-order valence-electron chi connectivity index (χ0n) is 9.12. The Bertz CT molecular complexity index is 549. The number of nitrogens with zero attached hydrogens (tertiary/aromatic N) is 3. The van der Waals surface area contributed by atoms with Gasteiger partial charge in [-0.1, -0.05) is 0 Å². The smallest absolute Gasteiger partial charge is 0.321 e. The molecule has 2 aromatic rings. The van der Waals surface area contributed by atoms with Gasteiger partial charge in [0, 0.05) is 18.5 Å². The first-order valence-electron chi connectivity index (χ1n) is 4.86. The van der Waals surface area contributed by atoms with Gasteiger partial charge < -0.3 is 9.47 Å². The summed E-state index contributed by atoms with van der Waals surface area (Å²) in [6, 6.07) is 8.82. The van der Waals surface area contributed by atoms with Crippen molar-refractivity contribution in [1.82, 2.24) is 9.97 Å². The topological polar surface area (TPSA) is 68.0 Å². The predicted octanol–water partition coefficient (Wildman–Crippen LogP) is 2.15. The molecule has 0 aliphatic heterocycles. The average Bonchev–Trinajstić information content (AvgIpc) is 2.40. The Morgan fingerprint density at radius 2 is 1.94 bits per heavy atom. The van der Waals surface area contributed by atoms with Crippen molar-refractivity contribution in [3.8, 4) is 23.6 Å². The van der Waals surface area contributed by atoms with Gasteiger partial charge >= 0.3 is 6.01 Å². The third kappa shape index (κ3) is 2.49. The molecule has 0 aliphatic rings. The van der Waals surface area contributed by atoms with Gasteiger partial charge in [-0.3, -0.25) is 0 Å². The molecule has 0 spiro atoms. The Balaban J connectivity index is 2.34. The lowest BCUT2D eigenvalue weighted by molar-refractivity contribution is 0.368. The van der Waals surface area contributed by atoms with E-state index in [1.165, 1.54) is 7.11 Å². The molecule has 1 aromatic carbocycles. The van der Waals surface area contributed by atoms with Crippen LogP contribution in [0.5, 0.6) is 17.5 Å². The second-order valence-electron chi connectivity index (χ2n) is 3.11. The van der Waals surface area contributed by atoms with Crippen molar-refractivity contribution in [2.75, 3.05) is 7.11 Å². The predicted molar refractivity (Wildman–Crippen MR) is 59.8 cm³/mol. The summed E-state index contributed by atoms with van der Waals surface area (Å²) >= 11 is 0. The van der Waals surface area contributed by atoms with E-state index in [0.717, 1.165) is 0 Å². The molecule has 84 valence electrons. The SMILES string of the molecule is COc1ccc(C#N)cc1Oc1ncccn1. The van der Waals surface area contributed by atoms with Crippen molar-refractivity contribution in [3.05, 3.63) is 42.2 Å². The van der Waals surface area contributed by atoms with Gasteiger partial charge in [-0.25, -0.2) is 9.97 Å². The number of ether oxygens (including phenoxy) is 2. The minimum atomic E-state index is 0.209. The molecule has 0 atom stereocenters. The van der Waals surface area contributed by atoms with E-state index >= 15 is 0 Å². The molecule has 0 unspecified atom stereocenters. The molecule has 17 heavy (non-hydrogen) atoms. The summed E-state index contributed by atoms with van der Waals surface area (Å²) in [4.78, 5) is 7.87. The van der Waals surface area contributed by atoms with Gasteiger partial charge in [0.25, 0.3) is 0 Å². The molecule has 0 saturated heterocycles. The van der Waals surface area contributed by atoms with Crippen LogP contribution in [0.4, 0.5) is 0 Å². The number of aromatic nitrogens is 2. The molecule has 5 nitrogen and oxygen atoms in total. The molecule has 0 N–H and O–H groups in total. The maximum atomic E-state index is 8.81. The van der Waals surface area contributed by atoms with Crippen LogP contribution < -0.4 is 9.47 Å². The average molecular weight is 227 g/mol. The summed E-state index contributed by atoms with van der Waals surface area (Å²) in [5.41, 5.74) is 0.483. The standard InChI is InChI=1S/C12H9N3O2/c1-16-10-4-3-9(8-13)7-11(10)17-12-14-5-2-6-15-12/h2-7H,1H3. The molecule has 0 amide bonds. The number of hydrogen-bond donors (Lipinski definition) is 0. The second kappa shape index (κ2) is 4.94. The summed E-state index contributed by atoms with van der Waals surface area (Å²) < 4.78 is 10.6. The lowest BCUT2D eigenvalue weighted by atomic mass is 10.2. The van der Waals surface area contributed by atoms with Crippen LogP contribution in [-0.4, -0.2) is 17.1 Å². The maximum absolute atomic E-state index is 8.81. The molecule has 1 aromatic heterocycles. The van der Waals surface area contributed by atoms with E-state index in [1.54, 1.807) is 36.7 Å².